The smallest absolute Gasteiger partial charge is 0.431 e. The average Bonchev–Trinajstić information content (AvgIpc) is 3.00. The molecule has 12 nitrogen and oxygen atoms in total. The number of amides is 1. The summed E-state index contributed by atoms with van der Waals surface area (Å²) in [7, 11) is 0.716. The van der Waals surface area contributed by atoms with Crippen LogP contribution >= 0.6 is 11.6 Å². The summed E-state index contributed by atoms with van der Waals surface area (Å²) in [5.41, 5.74) is -5.96. The third kappa shape index (κ3) is 5.07. The van der Waals surface area contributed by atoms with Gasteiger partial charge in [0.25, 0.3) is 5.56 Å². The molecule has 0 atom stereocenters. The third-order valence-electron chi connectivity index (χ3n) is 4.86. The zero-order chi connectivity index (χ0) is 27.1. The molecule has 3 rings (SSSR count). The Morgan fingerprint density at radius 2 is 1.69 bits per heavy atom. The molecule has 192 valence electrons. The number of aromatic nitrogens is 2. The summed E-state index contributed by atoms with van der Waals surface area (Å²) < 4.78 is 54.2. The highest BCUT2D eigenvalue weighted by molar-refractivity contribution is 6.33. The zero-order valence-corrected chi connectivity index (χ0v) is 18.7. The van der Waals surface area contributed by atoms with Gasteiger partial charge >= 0.3 is 23.8 Å². The molecule has 2 heterocycles. The van der Waals surface area contributed by atoms with Gasteiger partial charge in [0.15, 0.2) is 0 Å². The lowest BCUT2D eigenvalue weighted by molar-refractivity contribution is -0.144. The molecule has 1 aliphatic rings. The van der Waals surface area contributed by atoms with Crippen molar-refractivity contribution in [3.8, 4) is 5.69 Å². The highest BCUT2D eigenvalue weighted by atomic mass is 35.5. The molecule has 0 unspecified atom stereocenters. The molecule has 1 aliphatic heterocycles. The third-order valence-corrected chi connectivity index (χ3v) is 5.16. The molecule has 1 saturated heterocycles. The normalized spacial score (nSPS) is 15.2. The molecule has 2 N–H and O–H groups in total. The number of aliphatic imine (C=N–C) groups is 1. The largest absolute Gasteiger partial charge is 0.480 e. The minimum absolute atomic E-state index is 0.0832. The van der Waals surface area contributed by atoms with E-state index in [2.05, 4.69) is 4.99 Å². The molecule has 1 amide bonds. The number of carboxylic acids is 2. The Labute approximate surface area is 201 Å². The molecule has 2 aromatic rings. The highest BCUT2D eigenvalue weighted by Gasteiger charge is 2.37. The van der Waals surface area contributed by atoms with Crippen LogP contribution in [0.15, 0.2) is 32.8 Å². The molecule has 36 heavy (non-hydrogen) atoms. The van der Waals surface area contributed by atoms with Gasteiger partial charge in [0, 0.05) is 13.1 Å². The number of carbonyl (C=O) groups excluding carboxylic acids is 1. The maximum atomic E-state index is 14.7. The fourth-order valence-corrected chi connectivity index (χ4v) is 3.52. The number of guanidine groups is 1. The summed E-state index contributed by atoms with van der Waals surface area (Å²) in [6, 6.07) is 1.38. The maximum absolute atomic E-state index is 14.7. The Kier molecular flexibility index (Phi) is 6.92. The van der Waals surface area contributed by atoms with Crippen molar-refractivity contribution in [2.75, 3.05) is 19.6 Å². The van der Waals surface area contributed by atoms with Crippen molar-refractivity contribution in [1.82, 2.24) is 18.9 Å². The van der Waals surface area contributed by atoms with E-state index >= 15 is 0 Å². The minimum atomic E-state index is -5.06. The van der Waals surface area contributed by atoms with Crippen LogP contribution in [0.25, 0.3) is 5.69 Å². The predicted octanol–water partition coefficient (Wildman–Crippen LogP) is 0.648. The second-order valence-electron chi connectivity index (χ2n) is 7.33. The Morgan fingerprint density at radius 3 is 2.25 bits per heavy atom. The van der Waals surface area contributed by atoms with E-state index in [4.69, 9.17) is 21.8 Å². The molecule has 0 saturated carbocycles. The van der Waals surface area contributed by atoms with Crippen LogP contribution < -0.4 is 11.2 Å². The minimum Gasteiger partial charge on any atom is -0.480 e. The molecule has 0 spiro atoms. The standard InChI is InChI=1S/C19H14ClF4N5O7/c1-26-12(19(22,23)24)4-13(30)29(18(26)36)11-3-10(8(20)2-9(11)21)25-17-27(6-15(32)33)5-14(31)28(17)7-16(34)35/h2-4H,5-7H2,1H3,(H,32,33)(H,34,35). The van der Waals surface area contributed by atoms with Crippen LogP contribution in [0, 0.1) is 5.82 Å². The van der Waals surface area contributed by atoms with Gasteiger partial charge in [-0.25, -0.2) is 18.7 Å². The molecule has 0 bridgehead atoms. The van der Waals surface area contributed by atoms with E-state index in [1.165, 1.54) is 0 Å². The van der Waals surface area contributed by atoms with Crippen LogP contribution in [0.1, 0.15) is 5.69 Å². The Balaban J connectivity index is 2.24. The number of halogens is 5. The monoisotopic (exact) mass is 535 g/mol. The zero-order valence-electron chi connectivity index (χ0n) is 17.9. The van der Waals surface area contributed by atoms with Crippen molar-refractivity contribution in [2.45, 2.75) is 6.18 Å². The molecule has 1 aromatic carbocycles. The number of aliphatic carboxylic acids is 2. The van der Waals surface area contributed by atoms with Crippen molar-refractivity contribution < 1.29 is 42.2 Å². The lowest BCUT2D eigenvalue weighted by Gasteiger charge is -2.19. The number of carboxylic acid groups (broad SMARTS) is 2. The van der Waals surface area contributed by atoms with E-state index in [1.54, 1.807) is 0 Å². The van der Waals surface area contributed by atoms with Crippen molar-refractivity contribution >= 4 is 41.1 Å². The predicted molar refractivity (Wildman–Crippen MR) is 113 cm³/mol. The van der Waals surface area contributed by atoms with E-state index in [0.717, 1.165) is 4.90 Å². The molecule has 1 aromatic heterocycles. The summed E-state index contributed by atoms with van der Waals surface area (Å²) in [4.78, 5) is 65.0. The molecular weight excluding hydrogens is 522 g/mol. The first kappa shape index (κ1) is 26.4. The Hall–Kier alpha value is -4.21. The summed E-state index contributed by atoms with van der Waals surface area (Å²) >= 11 is 5.99. The van der Waals surface area contributed by atoms with Crippen LogP contribution in [0.5, 0.6) is 0 Å². The van der Waals surface area contributed by atoms with Crippen molar-refractivity contribution in [3.63, 3.8) is 0 Å². The second-order valence-corrected chi connectivity index (χ2v) is 7.74. The first-order valence-electron chi connectivity index (χ1n) is 9.59. The number of hydrogen-bond donors (Lipinski definition) is 2. The van der Waals surface area contributed by atoms with E-state index < -0.39 is 88.8 Å². The first-order chi connectivity index (χ1) is 16.6. The summed E-state index contributed by atoms with van der Waals surface area (Å²) in [6.07, 6.45) is -5.06. The Bertz CT molecular complexity index is 1430. The van der Waals surface area contributed by atoms with Gasteiger partial charge in [-0.05, 0) is 12.1 Å². The van der Waals surface area contributed by atoms with Gasteiger partial charge in [0.1, 0.15) is 31.1 Å². The fraction of sp³-hybridized carbons (Fsp3) is 0.263. The first-order valence-corrected chi connectivity index (χ1v) is 9.97. The van der Waals surface area contributed by atoms with Crippen LogP contribution in [0.3, 0.4) is 0 Å². The number of nitrogens with zero attached hydrogens (tertiary/aromatic N) is 5. The van der Waals surface area contributed by atoms with Gasteiger partial charge in [-0.2, -0.15) is 13.2 Å². The lowest BCUT2D eigenvalue weighted by atomic mass is 10.2. The van der Waals surface area contributed by atoms with Crippen molar-refractivity contribution in [1.29, 1.82) is 0 Å². The second kappa shape index (κ2) is 9.44. The summed E-state index contributed by atoms with van der Waals surface area (Å²) in [6.45, 7) is -2.27. The summed E-state index contributed by atoms with van der Waals surface area (Å²) in [5, 5.41) is 17.7. The summed E-state index contributed by atoms with van der Waals surface area (Å²) in [5.74, 6) is -5.49. The lowest BCUT2D eigenvalue weighted by Crippen LogP contribution is -2.41. The highest BCUT2D eigenvalue weighted by Crippen LogP contribution is 2.31. The SMILES string of the molecule is Cn1c(C(F)(F)F)cc(=O)n(-c2cc(N=C3N(CC(=O)O)CC(=O)N3CC(=O)O)c(Cl)cc2F)c1=O. The van der Waals surface area contributed by atoms with Crippen molar-refractivity contribution in [2.24, 2.45) is 12.0 Å². The van der Waals surface area contributed by atoms with E-state index in [9.17, 15) is 41.5 Å². The average molecular weight is 536 g/mol. The number of rotatable bonds is 6. The van der Waals surface area contributed by atoms with Gasteiger partial charge in [0.2, 0.25) is 11.9 Å². The van der Waals surface area contributed by atoms with E-state index in [0.29, 0.717) is 24.1 Å². The number of benzene rings is 1. The van der Waals surface area contributed by atoms with Crippen molar-refractivity contribution in [3.05, 3.63) is 55.6 Å². The molecular formula is C19H14ClF4N5O7. The Morgan fingerprint density at radius 1 is 1.08 bits per heavy atom. The van der Waals surface area contributed by atoms with Crippen LogP contribution in [-0.4, -0.2) is 72.6 Å². The van der Waals surface area contributed by atoms with Gasteiger partial charge in [-0.1, -0.05) is 11.6 Å². The molecule has 1 fully saturated rings. The van der Waals surface area contributed by atoms with E-state index in [1.807, 2.05) is 0 Å². The van der Waals surface area contributed by atoms with Gasteiger partial charge in [-0.3, -0.25) is 28.6 Å². The number of alkyl halides is 3. The number of carbonyl (C=O) groups is 3. The van der Waals surface area contributed by atoms with Crippen LogP contribution in [-0.2, 0) is 27.6 Å². The molecule has 0 radical (unpaired) electrons. The van der Waals surface area contributed by atoms with Gasteiger partial charge < -0.3 is 15.1 Å². The molecule has 0 aliphatic carbocycles. The van der Waals surface area contributed by atoms with E-state index in [-0.39, 0.29) is 15.2 Å². The fourth-order valence-electron chi connectivity index (χ4n) is 3.33. The van der Waals surface area contributed by atoms with Gasteiger partial charge in [-0.15, -0.1) is 0 Å². The maximum Gasteiger partial charge on any atom is 0.431 e. The number of hydrogen-bond acceptors (Lipinski definition) is 6. The quantitative estimate of drug-likeness (QED) is 0.511. The van der Waals surface area contributed by atoms with Gasteiger partial charge in [0.05, 0.1) is 16.4 Å². The topological polar surface area (TPSA) is 155 Å². The van der Waals surface area contributed by atoms with Crippen LogP contribution in [0.2, 0.25) is 5.02 Å². The van der Waals surface area contributed by atoms with Crippen LogP contribution in [0.4, 0.5) is 23.2 Å². The molecule has 17 heteroatoms.